The first-order valence-electron chi connectivity index (χ1n) is 8.43. The summed E-state index contributed by atoms with van der Waals surface area (Å²) in [6, 6.07) is 13.2. The molecule has 1 unspecified atom stereocenters. The van der Waals surface area contributed by atoms with Gasteiger partial charge in [0.05, 0.1) is 12.1 Å². The summed E-state index contributed by atoms with van der Waals surface area (Å²) < 4.78 is 28.5. The first-order valence-corrected chi connectivity index (χ1v) is 8.81. The highest BCUT2D eigenvalue weighted by Gasteiger charge is 2.22. The van der Waals surface area contributed by atoms with E-state index < -0.39 is 17.9 Å². The van der Waals surface area contributed by atoms with Crippen LogP contribution in [-0.2, 0) is 6.42 Å². The number of alkyl halides is 1. The Hall–Kier alpha value is -1.94. The fraction of sp³-hybridized carbons (Fsp3) is 0.350. The summed E-state index contributed by atoms with van der Waals surface area (Å²) in [6.07, 6.45) is 0.611. The van der Waals surface area contributed by atoms with Crippen LogP contribution in [-0.4, -0.2) is 30.1 Å². The minimum atomic E-state index is -1.21. The van der Waals surface area contributed by atoms with Gasteiger partial charge in [-0.05, 0) is 30.2 Å². The molecule has 0 aromatic heterocycles. The van der Waals surface area contributed by atoms with Crippen LogP contribution in [0.3, 0.4) is 0 Å². The predicted octanol–water partition coefficient (Wildman–Crippen LogP) is 5.30. The topological polar surface area (TPSA) is 20.3 Å². The van der Waals surface area contributed by atoms with Crippen LogP contribution in [0.25, 0.3) is 0 Å². The van der Waals surface area contributed by atoms with Crippen molar-refractivity contribution in [2.45, 2.75) is 32.4 Å². The average molecular weight is 366 g/mol. The summed E-state index contributed by atoms with van der Waals surface area (Å²) in [4.78, 5) is 14.0. The molecule has 1 amide bonds. The van der Waals surface area contributed by atoms with Gasteiger partial charge in [0, 0.05) is 18.0 Å². The molecule has 0 aliphatic carbocycles. The molecule has 0 aliphatic heterocycles. The van der Waals surface area contributed by atoms with E-state index in [1.807, 2.05) is 37.3 Å². The molecule has 0 heterocycles. The zero-order chi connectivity index (χ0) is 18.2. The number of amides is 1. The molecule has 0 spiro atoms. The van der Waals surface area contributed by atoms with Gasteiger partial charge in [-0.25, -0.2) is 8.78 Å². The molecule has 134 valence electrons. The van der Waals surface area contributed by atoms with Crippen LogP contribution in [0, 0.1) is 5.82 Å². The van der Waals surface area contributed by atoms with E-state index >= 15 is 0 Å². The lowest BCUT2D eigenvalue weighted by molar-refractivity contribution is 0.0700. The molecule has 0 radical (unpaired) electrons. The van der Waals surface area contributed by atoms with E-state index in [9.17, 15) is 13.6 Å². The maximum atomic E-state index is 14.5. The molecule has 2 rings (SSSR count). The summed E-state index contributed by atoms with van der Waals surface area (Å²) >= 11 is 5.73. The van der Waals surface area contributed by atoms with Crippen molar-refractivity contribution in [2.24, 2.45) is 0 Å². The molecule has 2 aromatic carbocycles. The number of carbonyl (C=O) groups is 1. The van der Waals surface area contributed by atoms with Crippen LogP contribution < -0.4 is 0 Å². The normalized spacial score (nSPS) is 12.0. The lowest BCUT2D eigenvalue weighted by atomic mass is 10.1. The lowest BCUT2D eigenvalue weighted by Gasteiger charge is -2.25. The third-order valence-corrected chi connectivity index (χ3v) is 4.18. The van der Waals surface area contributed by atoms with Gasteiger partial charge in [-0.3, -0.25) is 4.79 Å². The number of hydrogen-bond donors (Lipinski definition) is 0. The predicted molar refractivity (Wildman–Crippen MR) is 97.3 cm³/mol. The summed E-state index contributed by atoms with van der Waals surface area (Å²) in [6.45, 7) is 2.32. The maximum absolute atomic E-state index is 14.5. The smallest absolute Gasteiger partial charge is 0.256 e. The van der Waals surface area contributed by atoms with Crippen molar-refractivity contribution in [1.29, 1.82) is 0 Å². The molecule has 5 heteroatoms. The molecule has 0 saturated carbocycles. The Labute approximate surface area is 152 Å². The Balaban J connectivity index is 2.10. The molecular weight excluding hydrogens is 344 g/mol. The number of rotatable bonds is 8. The fourth-order valence-electron chi connectivity index (χ4n) is 2.63. The Bertz CT molecular complexity index is 693. The summed E-state index contributed by atoms with van der Waals surface area (Å²) in [7, 11) is 0. The molecule has 2 aromatic rings. The standard InChI is InChI=1S/C20H22ClF2NO/c1-2-3-11-24(14-17(22)12-15-7-5-4-6-8-15)20(25)18-10-9-16(21)13-19(18)23/h4-10,13,17H,2-3,11-12,14H2,1H3. The van der Waals surface area contributed by atoms with Crippen molar-refractivity contribution in [1.82, 2.24) is 4.90 Å². The molecule has 0 aliphatic rings. The largest absolute Gasteiger partial charge is 0.336 e. The number of carbonyl (C=O) groups excluding carboxylic acids is 1. The van der Waals surface area contributed by atoms with Gasteiger partial charge >= 0.3 is 0 Å². The van der Waals surface area contributed by atoms with Crippen molar-refractivity contribution in [3.05, 3.63) is 70.5 Å². The van der Waals surface area contributed by atoms with Crippen molar-refractivity contribution < 1.29 is 13.6 Å². The second-order valence-corrected chi connectivity index (χ2v) is 6.45. The van der Waals surface area contributed by atoms with E-state index in [0.29, 0.717) is 6.54 Å². The zero-order valence-electron chi connectivity index (χ0n) is 14.2. The molecule has 0 bridgehead atoms. The van der Waals surface area contributed by atoms with Crippen molar-refractivity contribution in [2.75, 3.05) is 13.1 Å². The van der Waals surface area contributed by atoms with Gasteiger partial charge in [-0.1, -0.05) is 55.3 Å². The third-order valence-electron chi connectivity index (χ3n) is 3.95. The highest BCUT2D eigenvalue weighted by Crippen LogP contribution is 2.18. The Morgan fingerprint density at radius 2 is 1.92 bits per heavy atom. The lowest BCUT2D eigenvalue weighted by Crippen LogP contribution is -2.38. The second kappa shape index (κ2) is 9.52. The van der Waals surface area contributed by atoms with E-state index in [1.54, 1.807) is 0 Å². The van der Waals surface area contributed by atoms with Crippen molar-refractivity contribution in [3.63, 3.8) is 0 Å². The van der Waals surface area contributed by atoms with Crippen molar-refractivity contribution >= 4 is 17.5 Å². The molecule has 25 heavy (non-hydrogen) atoms. The van der Waals surface area contributed by atoms with Gasteiger partial charge in [-0.15, -0.1) is 0 Å². The number of benzene rings is 2. The minimum Gasteiger partial charge on any atom is -0.336 e. The van der Waals surface area contributed by atoms with Gasteiger partial charge in [0.2, 0.25) is 0 Å². The van der Waals surface area contributed by atoms with Gasteiger partial charge in [0.15, 0.2) is 0 Å². The summed E-state index contributed by atoms with van der Waals surface area (Å²) in [5.74, 6) is -1.18. The van der Waals surface area contributed by atoms with E-state index in [2.05, 4.69) is 0 Å². The van der Waals surface area contributed by atoms with E-state index in [4.69, 9.17) is 11.6 Å². The number of hydrogen-bond acceptors (Lipinski definition) is 1. The number of halogens is 3. The third kappa shape index (κ3) is 5.82. The van der Waals surface area contributed by atoms with Crippen LogP contribution in [0.15, 0.2) is 48.5 Å². The zero-order valence-corrected chi connectivity index (χ0v) is 15.0. The first kappa shape index (κ1) is 19.4. The Morgan fingerprint density at radius 1 is 1.20 bits per heavy atom. The van der Waals surface area contributed by atoms with E-state index in [-0.39, 0.29) is 23.6 Å². The molecule has 0 fully saturated rings. The highest BCUT2D eigenvalue weighted by atomic mass is 35.5. The van der Waals surface area contributed by atoms with Crippen LogP contribution in [0.2, 0.25) is 5.02 Å². The van der Waals surface area contributed by atoms with Crippen LogP contribution in [0.1, 0.15) is 35.7 Å². The Kier molecular flexibility index (Phi) is 7.38. The number of unbranched alkanes of at least 4 members (excludes halogenated alkanes) is 1. The molecule has 1 atom stereocenters. The first-order chi connectivity index (χ1) is 12.0. The van der Waals surface area contributed by atoms with Crippen LogP contribution >= 0.6 is 11.6 Å². The molecule has 0 N–H and O–H groups in total. The average Bonchev–Trinajstić information content (AvgIpc) is 2.59. The van der Waals surface area contributed by atoms with Gasteiger partial charge in [0.25, 0.3) is 5.91 Å². The molecule has 2 nitrogen and oxygen atoms in total. The van der Waals surface area contributed by atoms with E-state index in [0.717, 1.165) is 24.5 Å². The van der Waals surface area contributed by atoms with Crippen LogP contribution in [0.5, 0.6) is 0 Å². The van der Waals surface area contributed by atoms with E-state index in [1.165, 1.54) is 17.0 Å². The monoisotopic (exact) mass is 365 g/mol. The highest BCUT2D eigenvalue weighted by molar-refractivity contribution is 6.30. The summed E-state index contributed by atoms with van der Waals surface area (Å²) in [5, 5.41) is 0.224. The summed E-state index contributed by atoms with van der Waals surface area (Å²) in [5.41, 5.74) is 0.794. The quantitative estimate of drug-likeness (QED) is 0.621. The maximum Gasteiger partial charge on any atom is 0.256 e. The molecule has 0 saturated heterocycles. The van der Waals surface area contributed by atoms with Gasteiger partial charge in [0.1, 0.15) is 12.0 Å². The Morgan fingerprint density at radius 3 is 2.56 bits per heavy atom. The molecular formula is C20H22ClF2NO. The minimum absolute atomic E-state index is 0.0597. The van der Waals surface area contributed by atoms with Crippen LogP contribution in [0.4, 0.5) is 8.78 Å². The fourth-order valence-corrected chi connectivity index (χ4v) is 2.79. The SMILES string of the molecule is CCCCN(CC(F)Cc1ccccc1)C(=O)c1ccc(Cl)cc1F. The number of nitrogens with zero attached hydrogens (tertiary/aromatic N) is 1. The van der Waals surface area contributed by atoms with Gasteiger partial charge in [-0.2, -0.15) is 0 Å². The van der Waals surface area contributed by atoms with Crippen molar-refractivity contribution in [3.8, 4) is 0 Å². The second-order valence-electron chi connectivity index (χ2n) is 6.02. The van der Waals surface area contributed by atoms with Gasteiger partial charge < -0.3 is 4.90 Å².